The van der Waals surface area contributed by atoms with Crippen molar-refractivity contribution in [3.05, 3.63) is 41.5 Å². The zero-order valence-electron chi connectivity index (χ0n) is 13.3. The molecule has 0 aliphatic carbocycles. The van der Waals surface area contributed by atoms with Crippen molar-refractivity contribution in [3.8, 4) is 0 Å². The van der Waals surface area contributed by atoms with Crippen molar-refractivity contribution in [2.24, 2.45) is 0 Å². The number of aromatic nitrogens is 1. The molecule has 1 aromatic carbocycles. The molecule has 6 nitrogen and oxygen atoms in total. The summed E-state index contributed by atoms with van der Waals surface area (Å²) in [5.74, 6) is -0.609. The molecule has 1 aliphatic heterocycles. The van der Waals surface area contributed by atoms with E-state index in [1.807, 2.05) is 6.92 Å². The van der Waals surface area contributed by atoms with Crippen LogP contribution in [0.2, 0.25) is 0 Å². The Morgan fingerprint density at radius 1 is 1.42 bits per heavy atom. The minimum absolute atomic E-state index is 0.236. The van der Waals surface area contributed by atoms with E-state index in [-0.39, 0.29) is 17.8 Å². The number of fused-ring (bicyclic) bond motifs is 3. The number of H-pyrrole nitrogens is 1. The minimum atomic E-state index is -0.373. The second-order valence-corrected chi connectivity index (χ2v) is 5.64. The third kappa shape index (κ3) is 3.10. The second kappa shape index (κ2) is 6.74. The fourth-order valence-corrected chi connectivity index (χ4v) is 2.78. The Kier molecular flexibility index (Phi) is 4.50. The highest BCUT2D eigenvalue weighted by Crippen LogP contribution is 2.32. The lowest BCUT2D eigenvalue weighted by atomic mass is 10.0. The Bertz CT molecular complexity index is 825. The Labute approximate surface area is 138 Å². The van der Waals surface area contributed by atoms with Gasteiger partial charge in [0.25, 0.3) is 5.91 Å². The topological polar surface area (TPSA) is 86.0 Å². The van der Waals surface area contributed by atoms with E-state index in [0.29, 0.717) is 41.7 Å². The van der Waals surface area contributed by atoms with Crippen LogP contribution in [0.3, 0.4) is 0 Å². The zero-order valence-corrected chi connectivity index (χ0v) is 13.3. The number of hydrogen-bond donors (Lipinski definition) is 4. The molecule has 7 heteroatoms. The molecular weight excluding hydrogens is 311 g/mol. The van der Waals surface area contributed by atoms with Crippen LogP contribution in [0.1, 0.15) is 35.8 Å². The standard InChI is InChI=1S/C17H19FN4O2/c1-2-6-20-17(24)21-9-10-5-7-19-16(23)15-14(10)12-8-11(18)3-4-13(12)22-15/h3-4,8-9,22H,2,5-7H2,1H3,(H,19,23)(H2,20,21,24). The monoisotopic (exact) mass is 330 g/mol. The van der Waals surface area contributed by atoms with Gasteiger partial charge in [0.2, 0.25) is 0 Å². The SMILES string of the molecule is CCCNC(=O)NC=C1CCNC(=O)c2[nH]c3ccc(F)cc3c21. The van der Waals surface area contributed by atoms with Crippen LogP contribution < -0.4 is 16.0 Å². The first kappa shape index (κ1) is 16.0. The quantitative estimate of drug-likeness (QED) is 0.697. The van der Waals surface area contributed by atoms with Crippen LogP contribution in [0.5, 0.6) is 0 Å². The lowest BCUT2D eigenvalue weighted by Gasteiger charge is -2.07. The summed E-state index contributed by atoms with van der Waals surface area (Å²) in [6.45, 7) is 2.99. The van der Waals surface area contributed by atoms with Crippen molar-refractivity contribution < 1.29 is 14.0 Å². The zero-order chi connectivity index (χ0) is 17.1. The number of carbonyl (C=O) groups excluding carboxylic acids is 2. The first-order valence-electron chi connectivity index (χ1n) is 7.93. The van der Waals surface area contributed by atoms with Crippen molar-refractivity contribution in [2.45, 2.75) is 19.8 Å². The summed E-state index contributed by atoms with van der Waals surface area (Å²) in [5.41, 5.74) is 2.47. The van der Waals surface area contributed by atoms with Gasteiger partial charge in [0, 0.05) is 35.8 Å². The van der Waals surface area contributed by atoms with E-state index in [1.165, 1.54) is 12.1 Å². The third-order valence-corrected chi connectivity index (χ3v) is 3.90. The number of aromatic amines is 1. The summed E-state index contributed by atoms with van der Waals surface area (Å²) in [4.78, 5) is 27.0. The fraction of sp³-hybridized carbons (Fsp3) is 0.294. The third-order valence-electron chi connectivity index (χ3n) is 3.90. The van der Waals surface area contributed by atoms with Gasteiger partial charge in [-0.25, -0.2) is 9.18 Å². The molecule has 3 amide bonds. The largest absolute Gasteiger partial charge is 0.350 e. The van der Waals surface area contributed by atoms with Gasteiger partial charge >= 0.3 is 6.03 Å². The molecule has 0 saturated heterocycles. The van der Waals surface area contributed by atoms with Crippen LogP contribution in [0.25, 0.3) is 16.5 Å². The lowest BCUT2D eigenvalue weighted by molar-refractivity contribution is 0.0952. The molecule has 0 atom stereocenters. The molecule has 2 heterocycles. The summed E-state index contributed by atoms with van der Waals surface area (Å²) in [7, 11) is 0. The minimum Gasteiger partial charge on any atom is -0.350 e. The molecule has 24 heavy (non-hydrogen) atoms. The number of urea groups is 1. The van der Waals surface area contributed by atoms with Gasteiger partial charge in [0.1, 0.15) is 11.5 Å². The highest BCUT2D eigenvalue weighted by molar-refractivity contribution is 6.07. The Balaban J connectivity index is 2.01. The van der Waals surface area contributed by atoms with Gasteiger partial charge in [0.15, 0.2) is 0 Å². The average Bonchev–Trinajstić information content (AvgIpc) is 2.86. The Morgan fingerprint density at radius 2 is 2.25 bits per heavy atom. The van der Waals surface area contributed by atoms with E-state index in [9.17, 15) is 14.0 Å². The van der Waals surface area contributed by atoms with Crippen molar-refractivity contribution in [2.75, 3.05) is 13.1 Å². The van der Waals surface area contributed by atoms with Gasteiger partial charge in [-0.15, -0.1) is 0 Å². The van der Waals surface area contributed by atoms with Crippen LogP contribution in [0.15, 0.2) is 24.4 Å². The first-order chi connectivity index (χ1) is 11.6. The van der Waals surface area contributed by atoms with Gasteiger partial charge in [0.05, 0.1) is 0 Å². The predicted octanol–water partition coefficient (Wildman–Crippen LogP) is 2.49. The molecule has 3 rings (SSSR count). The van der Waals surface area contributed by atoms with E-state index >= 15 is 0 Å². The summed E-state index contributed by atoms with van der Waals surface area (Å²) in [6.07, 6.45) is 2.97. The van der Waals surface area contributed by atoms with Crippen LogP contribution in [0, 0.1) is 5.82 Å². The second-order valence-electron chi connectivity index (χ2n) is 5.64. The normalized spacial score (nSPS) is 15.8. The molecule has 1 aromatic heterocycles. The number of amides is 3. The van der Waals surface area contributed by atoms with Gasteiger partial charge in [-0.3, -0.25) is 4.79 Å². The van der Waals surface area contributed by atoms with Gasteiger partial charge < -0.3 is 20.9 Å². The molecule has 2 aromatic rings. The highest BCUT2D eigenvalue weighted by Gasteiger charge is 2.24. The summed E-state index contributed by atoms with van der Waals surface area (Å²) < 4.78 is 13.6. The maximum atomic E-state index is 13.6. The number of rotatable bonds is 3. The fourth-order valence-electron chi connectivity index (χ4n) is 2.78. The van der Waals surface area contributed by atoms with E-state index in [0.717, 1.165) is 12.0 Å². The highest BCUT2D eigenvalue weighted by atomic mass is 19.1. The summed E-state index contributed by atoms with van der Waals surface area (Å²) in [5, 5.41) is 8.82. The maximum Gasteiger partial charge on any atom is 0.318 e. The molecule has 126 valence electrons. The molecule has 0 saturated carbocycles. The van der Waals surface area contributed by atoms with E-state index in [1.54, 1.807) is 12.3 Å². The lowest BCUT2D eigenvalue weighted by Crippen LogP contribution is -2.32. The molecule has 4 N–H and O–H groups in total. The molecule has 0 radical (unpaired) electrons. The van der Waals surface area contributed by atoms with Crippen LogP contribution in [-0.2, 0) is 0 Å². The van der Waals surface area contributed by atoms with Gasteiger partial charge in [-0.05, 0) is 36.6 Å². The molecule has 1 aliphatic rings. The number of benzene rings is 1. The van der Waals surface area contributed by atoms with E-state index in [2.05, 4.69) is 20.9 Å². The van der Waals surface area contributed by atoms with Crippen LogP contribution in [-0.4, -0.2) is 30.0 Å². The molecule has 0 spiro atoms. The maximum absolute atomic E-state index is 13.6. The molecule has 0 bridgehead atoms. The first-order valence-corrected chi connectivity index (χ1v) is 7.93. The smallest absolute Gasteiger partial charge is 0.318 e. The Hall–Kier alpha value is -2.83. The van der Waals surface area contributed by atoms with Crippen molar-refractivity contribution in [3.63, 3.8) is 0 Å². The molecule has 0 unspecified atom stereocenters. The number of halogens is 1. The van der Waals surface area contributed by atoms with E-state index < -0.39 is 0 Å². The average molecular weight is 330 g/mol. The van der Waals surface area contributed by atoms with Crippen molar-refractivity contribution >= 4 is 28.4 Å². The van der Waals surface area contributed by atoms with Crippen LogP contribution in [0.4, 0.5) is 9.18 Å². The van der Waals surface area contributed by atoms with Crippen molar-refractivity contribution in [1.82, 2.24) is 20.9 Å². The number of carbonyl (C=O) groups is 2. The van der Waals surface area contributed by atoms with Crippen molar-refractivity contribution in [1.29, 1.82) is 0 Å². The molecule has 0 fully saturated rings. The van der Waals surface area contributed by atoms with Crippen LogP contribution >= 0.6 is 0 Å². The Morgan fingerprint density at radius 3 is 3.04 bits per heavy atom. The predicted molar refractivity (Wildman–Crippen MR) is 90.0 cm³/mol. The van der Waals surface area contributed by atoms with Gasteiger partial charge in [-0.1, -0.05) is 6.92 Å². The number of nitrogens with one attached hydrogen (secondary N) is 4. The number of hydrogen-bond acceptors (Lipinski definition) is 2. The summed E-state index contributed by atoms with van der Waals surface area (Å²) >= 11 is 0. The molecular formula is C17H19FN4O2. The van der Waals surface area contributed by atoms with Gasteiger partial charge in [-0.2, -0.15) is 0 Å². The van der Waals surface area contributed by atoms with E-state index in [4.69, 9.17) is 0 Å². The summed E-state index contributed by atoms with van der Waals surface area (Å²) in [6, 6.07) is 4.04.